The van der Waals surface area contributed by atoms with Crippen molar-refractivity contribution in [3.8, 4) is 11.5 Å². The standard InChI is InChI=1S/C15H16FNO/c1-11-10-13(16)4-7-15(11)18-14-5-2-12(3-6-14)8-9-17/h2-7,10H,8-9,17H2,1H3. The average molecular weight is 245 g/mol. The van der Waals surface area contributed by atoms with Gasteiger partial charge in [0.25, 0.3) is 0 Å². The van der Waals surface area contributed by atoms with E-state index >= 15 is 0 Å². The summed E-state index contributed by atoms with van der Waals surface area (Å²) in [6.45, 7) is 2.46. The van der Waals surface area contributed by atoms with E-state index in [0.717, 1.165) is 17.7 Å². The lowest BCUT2D eigenvalue weighted by Gasteiger charge is -2.09. The van der Waals surface area contributed by atoms with Crippen LogP contribution in [-0.2, 0) is 6.42 Å². The molecular formula is C15H16FNO. The minimum atomic E-state index is -0.252. The van der Waals surface area contributed by atoms with E-state index in [1.165, 1.54) is 17.7 Å². The van der Waals surface area contributed by atoms with Crippen molar-refractivity contribution in [3.05, 3.63) is 59.4 Å². The molecule has 94 valence electrons. The van der Waals surface area contributed by atoms with Crippen LogP contribution >= 0.6 is 0 Å². The van der Waals surface area contributed by atoms with E-state index in [4.69, 9.17) is 10.5 Å². The third kappa shape index (κ3) is 3.08. The van der Waals surface area contributed by atoms with Gasteiger partial charge in [-0.3, -0.25) is 0 Å². The minimum Gasteiger partial charge on any atom is -0.457 e. The molecule has 0 aliphatic carbocycles. The lowest BCUT2D eigenvalue weighted by atomic mass is 10.1. The fraction of sp³-hybridized carbons (Fsp3) is 0.200. The lowest BCUT2D eigenvalue weighted by molar-refractivity contribution is 0.476. The van der Waals surface area contributed by atoms with E-state index in [2.05, 4.69) is 0 Å². The molecule has 0 aromatic heterocycles. The number of aryl methyl sites for hydroxylation is 1. The van der Waals surface area contributed by atoms with Gasteiger partial charge in [0.05, 0.1) is 0 Å². The molecule has 2 nitrogen and oxygen atoms in total. The van der Waals surface area contributed by atoms with Crippen LogP contribution in [0.5, 0.6) is 11.5 Å². The summed E-state index contributed by atoms with van der Waals surface area (Å²) in [6.07, 6.45) is 0.857. The van der Waals surface area contributed by atoms with E-state index in [0.29, 0.717) is 12.3 Å². The first-order valence-electron chi connectivity index (χ1n) is 5.92. The van der Waals surface area contributed by atoms with Gasteiger partial charge in [0.2, 0.25) is 0 Å². The van der Waals surface area contributed by atoms with Crippen molar-refractivity contribution in [2.45, 2.75) is 13.3 Å². The molecule has 2 aromatic carbocycles. The lowest BCUT2D eigenvalue weighted by Crippen LogP contribution is -2.02. The fourth-order valence-corrected chi connectivity index (χ4v) is 1.75. The molecule has 0 saturated heterocycles. The molecule has 0 spiro atoms. The Morgan fingerprint density at radius 1 is 1.11 bits per heavy atom. The van der Waals surface area contributed by atoms with Gasteiger partial charge in [-0.1, -0.05) is 12.1 Å². The molecular weight excluding hydrogens is 229 g/mol. The first-order chi connectivity index (χ1) is 8.69. The number of rotatable bonds is 4. The summed E-state index contributed by atoms with van der Waals surface area (Å²) in [5, 5.41) is 0. The van der Waals surface area contributed by atoms with Gasteiger partial charge in [-0.05, 0) is 61.3 Å². The Hall–Kier alpha value is -1.87. The zero-order valence-electron chi connectivity index (χ0n) is 10.3. The highest BCUT2D eigenvalue weighted by atomic mass is 19.1. The van der Waals surface area contributed by atoms with Crippen molar-refractivity contribution in [2.75, 3.05) is 6.54 Å². The van der Waals surface area contributed by atoms with Crippen LogP contribution in [0.25, 0.3) is 0 Å². The summed E-state index contributed by atoms with van der Waals surface area (Å²) in [7, 11) is 0. The van der Waals surface area contributed by atoms with E-state index < -0.39 is 0 Å². The molecule has 0 atom stereocenters. The van der Waals surface area contributed by atoms with Crippen molar-refractivity contribution in [1.29, 1.82) is 0 Å². The molecule has 2 aromatic rings. The maximum Gasteiger partial charge on any atom is 0.130 e. The fourth-order valence-electron chi connectivity index (χ4n) is 1.75. The molecule has 0 radical (unpaired) electrons. The summed E-state index contributed by atoms with van der Waals surface area (Å²) in [5.74, 6) is 1.16. The van der Waals surface area contributed by atoms with E-state index in [1.54, 1.807) is 6.07 Å². The van der Waals surface area contributed by atoms with Crippen molar-refractivity contribution in [3.63, 3.8) is 0 Å². The number of benzene rings is 2. The topological polar surface area (TPSA) is 35.2 Å². The first kappa shape index (κ1) is 12.6. The normalized spacial score (nSPS) is 10.4. The van der Waals surface area contributed by atoms with Crippen LogP contribution in [0.3, 0.4) is 0 Å². The minimum absolute atomic E-state index is 0.252. The van der Waals surface area contributed by atoms with E-state index in [-0.39, 0.29) is 5.82 Å². The largest absolute Gasteiger partial charge is 0.457 e. The molecule has 2 N–H and O–H groups in total. The smallest absolute Gasteiger partial charge is 0.130 e. The maximum absolute atomic E-state index is 13.0. The molecule has 0 aliphatic heterocycles. The molecule has 0 heterocycles. The highest BCUT2D eigenvalue weighted by molar-refractivity contribution is 5.38. The van der Waals surface area contributed by atoms with E-state index in [1.807, 2.05) is 31.2 Å². The van der Waals surface area contributed by atoms with Gasteiger partial charge in [0, 0.05) is 0 Å². The van der Waals surface area contributed by atoms with Crippen LogP contribution in [0.2, 0.25) is 0 Å². The Morgan fingerprint density at radius 2 is 1.83 bits per heavy atom. The maximum atomic E-state index is 13.0. The van der Waals surface area contributed by atoms with Crippen molar-refractivity contribution < 1.29 is 9.13 Å². The molecule has 2 rings (SSSR count). The van der Waals surface area contributed by atoms with Gasteiger partial charge in [0.1, 0.15) is 17.3 Å². The van der Waals surface area contributed by atoms with Crippen LogP contribution in [0.4, 0.5) is 4.39 Å². The highest BCUT2D eigenvalue weighted by Gasteiger charge is 2.02. The van der Waals surface area contributed by atoms with Crippen LogP contribution in [-0.4, -0.2) is 6.54 Å². The summed E-state index contributed by atoms with van der Waals surface area (Å²) < 4.78 is 18.7. The van der Waals surface area contributed by atoms with Gasteiger partial charge in [-0.2, -0.15) is 0 Å². The van der Waals surface area contributed by atoms with Crippen LogP contribution in [0, 0.1) is 12.7 Å². The monoisotopic (exact) mass is 245 g/mol. The number of hydrogen-bond donors (Lipinski definition) is 1. The van der Waals surface area contributed by atoms with Gasteiger partial charge in [0.15, 0.2) is 0 Å². The number of ether oxygens (including phenoxy) is 1. The second-order valence-corrected chi connectivity index (χ2v) is 4.19. The molecule has 0 fully saturated rings. The molecule has 0 bridgehead atoms. The second-order valence-electron chi connectivity index (χ2n) is 4.19. The quantitative estimate of drug-likeness (QED) is 0.895. The van der Waals surface area contributed by atoms with Crippen molar-refractivity contribution in [1.82, 2.24) is 0 Å². The SMILES string of the molecule is Cc1cc(F)ccc1Oc1ccc(CCN)cc1. The van der Waals surface area contributed by atoms with Crippen LogP contribution in [0.15, 0.2) is 42.5 Å². The van der Waals surface area contributed by atoms with Gasteiger partial charge in [-0.25, -0.2) is 4.39 Å². The third-order valence-electron chi connectivity index (χ3n) is 2.72. The molecule has 3 heteroatoms. The van der Waals surface area contributed by atoms with Crippen LogP contribution in [0.1, 0.15) is 11.1 Å². The molecule has 0 amide bonds. The Morgan fingerprint density at radius 3 is 2.44 bits per heavy atom. The summed E-state index contributed by atoms with van der Waals surface area (Å²) >= 11 is 0. The van der Waals surface area contributed by atoms with Gasteiger partial charge < -0.3 is 10.5 Å². The summed E-state index contributed by atoms with van der Waals surface area (Å²) in [4.78, 5) is 0. The number of halogens is 1. The van der Waals surface area contributed by atoms with Gasteiger partial charge >= 0.3 is 0 Å². The molecule has 18 heavy (non-hydrogen) atoms. The van der Waals surface area contributed by atoms with Crippen molar-refractivity contribution >= 4 is 0 Å². The Labute approximate surface area is 106 Å². The average Bonchev–Trinajstić information content (AvgIpc) is 2.35. The zero-order chi connectivity index (χ0) is 13.0. The van der Waals surface area contributed by atoms with Crippen LogP contribution < -0.4 is 10.5 Å². The Bertz CT molecular complexity index is 523. The summed E-state index contributed by atoms with van der Waals surface area (Å²) in [6, 6.07) is 12.3. The second kappa shape index (κ2) is 5.65. The van der Waals surface area contributed by atoms with E-state index in [9.17, 15) is 4.39 Å². The highest BCUT2D eigenvalue weighted by Crippen LogP contribution is 2.25. The number of nitrogens with two attached hydrogens (primary N) is 1. The molecule has 0 saturated carbocycles. The predicted molar refractivity (Wildman–Crippen MR) is 70.4 cm³/mol. The third-order valence-corrected chi connectivity index (χ3v) is 2.72. The first-order valence-corrected chi connectivity index (χ1v) is 5.92. The Balaban J connectivity index is 2.13. The van der Waals surface area contributed by atoms with Crippen molar-refractivity contribution in [2.24, 2.45) is 5.73 Å². The molecule has 0 aliphatic rings. The van der Waals surface area contributed by atoms with Gasteiger partial charge in [-0.15, -0.1) is 0 Å². The zero-order valence-corrected chi connectivity index (χ0v) is 10.3. The predicted octanol–water partition coefficient (Wildman–Crippen LogP) is 3.43. The summed E-state index contributed by atoms with van der Waals surface area (Å²) in [5.41, 5.74) is 7.45. The molecule has 0 unspecified atom stereocenters. The Kier molecular flexibility index (Phi) is 3.95. The number of hydrogen-bond acceptors (Lipinski definition) is 2.